The van der Waals surface area contributed by atoms with Gasteiger partial charge < -0.3 is 20.1 Å². The molecule has 0 aliphatic carbocycles. The van der Waals surface area contributed by atoms with E-state index in [2.05, 4.69) is 15.2 Å². The van der Waals surface area contributed by atoms with E-state index in [1.165, 1.54) is 0 Å². The van der Waals surface area contributed by atoms with Crippen molar-refractivity contribution in [3.05, 3.63) is 30.5 Å². The van der Waals surface area contributed by atoms with Crippen molar-refractivity contribution in [3.8, 4) is 5.75 Å². The number of hydrogen-bond acceptors (Lipinski definition) is 5. The molecule has 1 amide bonds. The number of nitrogens with zero attached hydrogens (tertiary/aromatic N) is 2. The normalized spacial score (nSPS) is 18.2. The number of phenols is 1. The Labute approximate surface area is 147 Å². The van der Waals surface area contributed by atoms with Gasteiger partial charge in [0.2, 0.25) is 0 Å². The number of piperidine rings is 1. The number of amides is 1. The highest BCUT2D eigenvalue weighted by Gasteiger charge is 2.24. The number of ether oxygens (including phenoxy) is 1. The van der Waals surface area contributed by atoms with E-state index in [4.69, 9.17) is 4.74 Å². The fraction of sp³-hybridized carbons (Fsp3) is 0.474. The number of aromatic hydroxyl groups is 1. The average molecular weight is 343 g/mol. The second kappa shape index (κ2) is 6.78. The summed E-state index contributed by atoms with van der Waals surface area (Å²) in [6.45, 7) is 7.20. The quantitative estimate of drug-likeness (QED) is 0.874. The summed E-state index contributed by atoms with van der Waals surface area (Å²) >= 11 is 0. The van der Waals surface area contributed by atoms with Gasteiger partial charge in [-0.25, -0.2) is 4.79 Å². The molecule has 0 bridgehead atoms. The number of pyridine rings is 1. The van der Waals surface area contributed by atoms with Gasteiger partial charge in [-0.05, 0) is 57.9 Å². The highest BCUT2D eigenvalue weighted by atomic mass is 16.6. The Morgan fingerprint density at radius 2 is 2.16 bits per heavy atom. The Hall–Kier alpha value is -2.50. The molecule has 1 atom stereocenters. The molecule has 1 saturated heterocycles. The molecule has 6 nitrogen and oxygen atoms in total. The van der Waals surface area contributed by atoms with Gasteiger partial charge in [0, 0.05) is 24.5 Å². The summed E-state index contributed by atoms with van der Waals surface area (Å²) in [5.41, 5.74) is 1.35. The maximum absolute atomic E-state index is 12.0. The molecule has 6 heteroatoms. The summed E-state index contributed by atoms with van der Waals surface area (Å²) in [4.78, 5) is 18.7. The molecule has 3 rings (SSSR count). The van der Waals surface area contributed by atoms with E-state index in [1.54, 1.807) is 18.2 Å². The monoisotopic (exact) mass is 343 g/mol. The number of hydrogen-bond donors (Lipinski definition) is 2. The number of aromatic nitrogens is 1. The predicted molar refractivity (Wildman–Crippen MR) is 98.0 cm³/mol. The van der Waals surface area contributed by atoms with Crippen LogP contribution < -0.4 is 10.2 Å². The summed E-state index contributed by atoms with van der Waals surface area (Å²) in [7, 11) is 0. The first-order chi connectivity index (χ1) is 11.8. The van der Waals surface area contributed by atoms with Crippen LogP contribution in [0.2, 0.25) is 0 Å². The number of carbonyl (C=O) groups excluding carboxylic acids is 1. The molecule has 2 heterocycles. The minimum atomic E-state index is -0.497. The smallest absolute Gasteiger partial charge is 0.407 e. The second-order valence-corrected chi connectivity index (χ2v) is 7.50. The van der Waals surface area contributed by atoms with E-state index < -0.39 is 5.60 Å². The zero-order chi connectivity index (χ0) is 18.0. The Balaban J connectivity index is 1.69. The average Bonchev–Trinajstić information content (AvgIpc) is 2.52. The first-order valence-corrected chi connectivity index (χ1v) is 8.63. The highest BCUT2D eigenvalue weighted by molar-refractivity contribution is 5.83. The molecule has 2 N–H and O–H groups in total. The second-order valence-electron chi connectivity index (χ2n) is 7.50. The van der Waals surface area contributed by atoms with Crippen LogP contribution in [0.15, 0.2) is 30.5 Å². The van der Waals surface area contributed by atoms with Crippen LogP contribution in [0, 0.1) is 0 Å². The van der Waals surface area contributed by atoms with Crippen LogP contribution in [0.25, 0.3) is 10.9 Å². The van der Waals surface area contributed by atoms with Gasteiger partial charge in [0.25, 0.3) is 0 Å². The largest absolute Gasteiger partial charge is 0.508 e. The van der Waals surface area contributed by atoms with Crippen LogP contribution in [-0.2, 0) is 4.74 Å². The van der Waals surface area contributed by atoms with Crippen molar-refractivity contribution in [1.29, 1.82) is 0 Å². The van der Waals surface area contributed by atoms with E-state index in [0.29, 0.717) is 6.54 Å². The number of rotatable bonds is 2. The molecule has 1 aromatic heterocycles. The summed E-state index contributed by atoms with van der Waals surface area (Å²) in [5.74, 6) is 0.231. The minimum Gasteiger partial charge on any atom is -0.508 e. The molecule has 2 aromatic rings. The number of benzene rings is 1. The molecule has 1 aromatic carbocycles. The number of fused-ring (bicyclic) bond motifs is 1. The first-order valence-electron chi connectivity index (χ1n) is 8.63. The van der Waals surface area contributed by atoms with Gasteiger partial charge in [-0.2, -0.15) is 0 Å². The van der Waals surface area contributed by atoms with Crippen molar-refractivity contribution in [3.63, 3.8) is 0 Å². The first kappa shape index (κ1) is 17.3. The number of carbonyl (C=O) groups is 1. The van der Waals surface area contributed by atoms with Crippen molar-refractivity contribution < 1.29 is 14.6 Å². The maximum Gasteiger partial charge on any atom is 0.407 e. The van der Waals surface area contributed by atoms with Crippen molar-refractivity contribution >= 4 is 22.7 Å². The Bertz CT molecular complexity index is 770. The molecule has 1 aliphatic heterocycles. The van der Waals surface area contributed by atoms with E-state index in [1.807, 2.05) is 33.0 Å². The lowest BCUT2D eigenvalue weighted by Crippen LogP contribution is -2.49. The molecule has 0 radical (unpaired) electrons. The SMILES string of the molecule is CC(C)(C)OC(=O)NC1CCCN(c2cnc3ccc(O)cc3c2)C1. The van der Waals surface area contributed by atoms with E-state index in [9.17, 15) is 9.90 Å². The number of nitrogens with one attached hydrogen (secondary N) is 1. The third-order valence-electron chi connectivity index (χ3n) is 4.16. The molecule has 0 saturated carbocycles. The Morgan fingerprint density at radius 3 is 2.92 bits per heavy atom. The van der Waals surface area contributed by atoms with Crippen LogP contribution in [0.3, 0.4) is 0 Å². The molecular weight excluding hydrogens is 318 g/mol. The van der Waals surface area contributed by atoms with Crippen LogP contribution in [0.5, 0.6) is 5.75 Å². The lowest BCUT2D eigenvalue weighted by Gasteiger charge is -2.35. The van der Waals surface area contributed by atoms with Crippen molar-refractivity contribution in [1.82, 2.24) is 10.3 Å². The standard InChI is InChI=1S/C19H25N3O3/c1-19(2,3)25-18(24)21-14-5-4-8-22(12-14)15-9-13-10-16(23)6-7-17(13)20-11-15/h6-7,9-11,14,23H,4-5,8,12H2,1-3H3,(H,21,24). The third-order valence-corrected chi connectivity index (χ3v) is 4.16. The zero-order valence-electron chi connectivity index (χ0n) is 15.0. The lowest BCUT2D eigenvalue weighted by atomic mass is 10.0. The Kier molecular flexibility index (Phi) is 4.70. The molecule has 25 heavy (non-hydrogen) atoms. The van der Waals surface area contributed by atoms with Crippen LogP contribution in [0.1, 0.15) is 33.6 Å². The molecule has 1 aliphatic rings. The molecule has 0 spiro atoms. The van der Waals surface area contributed by atoms with Gasteiger partial charge in [-0.15, -0.1) is 0 Å². The third kappa shape index (κ3) is 4.53. The topological polar surface area (TPSA) is 74.7 Å². The minimum absolute atomic E-state index is 0.0449. The van der Waals surface area contributed by atoms with Crippen molar-refractivity contribution in [2.24, 2.45) is 0 Å². The lowest BCUT2D eigenvalue weighted by molar-refractivity contribution is 0.0500. The summed E-state index contributed by atoms with van der Waals surface area (Å²) < 4.78 is 5.34. The Morgan fingerprint density at radius 1 is 1.36 bits per heavy atom. The van der Waals surface area contributed by atoms with Gasteiger partial charge in [-0.1, -0.05) is 0 Å². The fourth-order valence-electron chi connectivity index (χ4n) is 3.08. The molecule has 134 valence electrons. The van der Waals surface area contributed by atoms with Gasteiger partial charge in [0.15, 0.2) is 0 Å². The van der Waals surface area contributed by atoms with Crippen LogP contribution >= 0.6 is 0 Å². The number of alkyl carbamates (subject to hydrolysis) is 1. The summed E-state index contributed by atoms with van der Waals surface area (Å²) in [6, 6.07) is 7.22. The molecule has 1 unspecified atom stereocenters. The van der Waals surface area contributed by atoms with E-state index >= 15 is 0 Å². The van der Waals surface area contributed by atoms with Crippen LogP contribution in [0.4, 0.5) is 10.5 Å². The summed E-state index contributed by atoms with van der Waals surface area (Å²) in [5, 5.41) is 13.5. The molecule has 1 fully saturated rings. The van der Waals surface area contributed by atoms with Crippen LogP contribution in [-0.4, -0.2) is 40.9 Å². The maximum atomic E-state index is 12.0. The number of phenolic OH excluding ortho intramolecular Hbond substituents is 1. The van der Waals surface area contributed by atoms with Crippen molar-refractivity contribution in [2.75, 3.05) is 18.0 Å². The number of anilines is 1. The van der Waals surface area contributed by atoms with Gasteiger partial charge >= 0.3 is 6.09 Å². The highest BCUT2D eigenvalue weighted by Crippen LogP contribution is 2.25. The van der Waals surface area contributed by atoms with Gasteiger partial charge in [-0.3, -0.25) is 4.98 Å². The summed E-state index contributed by atoms with van der Waals surface area (Å²) in [6.07, 6.45) is 3.38. The van der Waals surface area contributed by atoms with Gasteiger partial charge in [0.05, 0.1) is 17.4 Å². The van der Waals surface area contributed by atoms with E-state index in [-0.39, 0.29) is 17.9 Å². The zero-order valence-corrected chi connectivity index (χ0v) is 15.0. The van der Waals surface area contributed by atoms with Gasteiger partial charge in [0.1, 0.15) is 11.4 Å². The van der Waals surface area contributed by atoms with E-state index in [0.717, 1.165) is 36.0 Å². The molecular formula is C19H25N3O3. The predicted octanol–water partition coefficient (Wildman–Crippen LogP) is 3.43. The van der Waals surface area contributed by atoms with Crippen molar-refractivity contribution in [2.45, 2.75) is 45.3 Å². The fourth-order valence-corrected chi connectivity index (χ4v) is 3.08.